The lowest BCUT2D eigenvalue weighted by molar-refractivity contribution is 0.0697. The maximum Gasteiger partial charge on any atom is 0.335 e. The Kier molecular flexibility index (Phi) is 4.18. The van der Waals surface area contributed by atoms with Gasteiger partial charge in [-0.05, 0) is 59.2 Å². The number of fused-ring (bicyclic) bond motifs is 1. The van der Waals surface area contributed by atoms with E-state index in [0.29, 0.717) is 5.56 Å². The molecule has 0 unspecified atom stereocenters. The van der Waals surface area contributed by atoms with Crippen LogP contribution in [0.25, 0.3) is 11.6 Å². The molecule has 0 fully saturated rings. The summed E-state index contributed by atoms with van der Waals surface area (Å²) in [6.07, 6.45) is 3.09. The maximum absolute atomic E-state index is 10.9. The lowest BCUT2D eigenvalue weighted by atomic mass is 9.79. The largest absolute Gasteiger partial charge is 0.493 e. The molecule has 2 aromatic rings. The first kappa shape index (κ1) is 16.3. The molecule has 0 atom stereocenters. The fourth-order valence-corrected chi connectivity index (χ4v) is 3.05. The third-order valence-electron chi connectivity index (χ3n) is 4.69. The number of ether oxygens (including phenoxy) is 1. The van der Waals surface area contributed by atoms with Crippen LogP contribution < -0.4 is 4.74 Å². The SMILES string of the molecule is C/C(=C\c1ccc(C(=O)O)cc1)c1ccc2c(c1)OCCC2(C)C. The quantitative estimate of drug-likeness (QED) is 0.808. The Morgan fingerprint density at radius 1 is 1.12 bits per heavy atom. The average Bonchev–Trinajstić information content (AvgIpc) is 2.54. The number of aromatic carboxylic acids is 1. The number of rotatable bonds is 3. The van der Waals surface area contributed by atoms with E-state index < -0.39 is 5.97 Å². The van der Waals surface area contributed by atoms with Gasteiger partial charge in [-0.2, -0.15) is 0 Å². The Balaban J connectivity index is 1.90. The number of carbonyl (C=O) groups is 1. The zero-order valence-corrected chi connectivity index (χ0v) is 14.3. The molecule has 124 valence electrons. The Morgan fingerprint density at radius 2 is 1.79 bits per heavy atom. The molecule has 0 aliphatic carbocycles. The van der Waals surface area contributed by atoms with Gasteiger partial charge in [0.2, 0.25) is 0 Å². The molecular formula is C21H22O3. The summed E-state index contributed by atoms with van der Waals surface area (Å²) in [5.41, 5.74) is 4.93. The van der Waals surface area contributed by atoms with Crippen molar-refractivity contribution in [3.05, 3.63) is 64.7 Å². The maximum atomic E-state index is 10.9. The predicted octanol–water partition coefficient (Wildman–Crippen LogP) is 5.01. The molecule has 0 aromatic heterocycles. The second kappa shape index (κ2) is 6.16. The molecule has 2 aromatic carbocycles. The third-order valence-corrected chi connectivity index (χ3v) is 4.69. The molecule has 0 spiro atoms. The summed E-state index contributed by atoms with van der Waals surface area (Å²) in [4.78, 5) is 10.9. The molecule has 3 nitrogen and oxygen atoms in total. The van der Waals surface area contributed by atoms with Gasteiger partial charge >= 0.3 is 5.97 Å². The highest BCUT2D eigenvalue weighted by Gasteiger charge is 2.28. The number of allylic oxidation sites excluding steroid dienone is 1. The van der Waals surface area contributed by atoms with E-state index in [1.807, 2.05) is 12.1 Å². The van der Waals surface area contributed by atoms with Gasteiger partial charge in [0, 0.05) is 0 Å². The molecule has 1 aliphatic heterocycles. The standard InChI is InChI=1S/C21H22O3/c1-14(12-15-4-6-16(7-5-15)20(22)23)17-8-9-18-19(13-17)24-11-10-21(18,2)3/h4-9,12-13H,10-11H2,1-3H3,(H,22,23)/b14-12+. The molecular weight excluding hydrogens is 300 g/mol. The van der Waals surface area contributed by atoms with Crippen LogP contribution in [-0.4, -0.2) is 17.7 Å². The normalized spacial score (nSPS) is 16.2. The summed E-state index contributed by atoms with van der Waals surface area (Å²) in [6, 6.07) is 13.3. The molecule has 24 heavy (non-hydrogen) atoms. The van der Waals surface area contributed by atoms with Crippen LogP contribution in [0.3, 0.4) is 0 Å². The summed E-state index contributed by atoms with van der Waals surface area (Å²) in [5.74, 6) is 0.0643. The predicted molar refractivity (Wildman–Crippen MR) is 96.5 cm³/mol. The molecule has 3 rings (SSSR count). The van der Waals surface area contributed by atoms with Crippen LogP contribution in [0.4, 0.5) is 0 Å². The molecule has 0 saturated carbocycles. The summed E-state index contributed by atoms with van der Waals surface area (Å²) < 4.78 is 5.85. The lowest BCUT2D eigenvalue weighted by Crippen LogP contribution is -2.26. The second-order valence-electron chi connectivity index (χ2n) is 6.95. The van der Waals surface area contributed by atoms with E-state index in [1.54, 1.807) is 12.1 Å². The zero-order valence-electron chi connectivity index (χ0n) is 14.3. The van der Waals surface area contributed by atoms with Gasteiger partial charge in [-0.25, -0.2) is 4.79 Å². The van der Waals surface area contributed by atoms with Gasteiger partial charge < -0.3 is 9.84 Å². The van der Waals surface area contributed by atoms with E-state index in [2.05, 4.69) is 45.0 Å². The van der Waals surface area contributed by atoms with E-state index in [4.69, 9.17) is 9.84 Å². The smallest absolute Gasteiger partial charge is 0.335 e. The van der Waals surface area contributed by atoms with E-state index in [1.165, 1.54) is 5.56 Å². The van der Waals surface area contributed by atoms with E-state index in [9.17, 15) is 4.79 Å². The van der Waals surface area contributed by atoms with Crippen molar-refractivity contribution in [2.45, 2.75) is 32.6 Å². The van der Waals surface area contributed by atoms with Gasteiger partial charge in [0.05, 0.1) is 12.2 Å². The molecule has 0 bridgehead atoms. The summed E-state index contributed by atoms with van der Waals surface area (Å²) in [7, 11) is 0. The van der Waals surface area contributed by atoms with E-state index in [-0.39, 0.29) is 5.41 Å². The van der Waals surface area contributed by atoms with Crippen molar-refractivity contribution in [2.24, 2.45) is 0 Å². The second-order valence-corrected chi connectivity index (χ2v) is 6.95. The van der Waals surface area contributed by atoms with Crippen molar-refractivity contribution in [3.63, 3.8) is 0 Å². The van der Waals surface area contributed by atoms with Gasteiger partial charge in [-0.1, -0.05) is 44.2 Å². The Bertz CT molecular complexity index is 798. The molecule has 3 heteroatoms. The van der Waals surface area contributed by atoms with Crippen LogP contribution in [-0.2, 0) is 5.41 Å². The van der Waals surface area contributed by atoms with E-state index in [0.717, 1.165) is 35.5 Å². The minimum absolute atomic E-state index is 0.149. The molecule has 0 saturated heterocycles. The topological polar surface area (TPSA) is 46.5 Å². The number of carboxylic acids is 1. The van der Waals surface area contributed by atoms with Crippen molar-refractivity contribution in [1.82, 2.24) is 0 Å². The first-order valence-corrected chi connectivity index (χ1v) is 8.16. The average molecular weight is 322 g/mol. The molecule has 1 heterocycles. The van der Waals surface area contributed by atoms with Crippen LogP contribution in [0.15, 0.2) is 42.5 Å². The number of hydrogen-bond acceptors (Lipinski definition) is 2. The van der Waals surface area contributed by atoms with Gasteiger partial charge in [0.1, 0.15) is 5.75 Å². The van der Waals surface area contributed by atoms with Crippen LogP contribution >= 0.6 is 0 Å². The third kappa shape index (κ3) is 3.21. The minimum atomic E-state index is -0.906. The summed E-state index contributed by atoms with van der Waals surface area (Å²) in [5, 5.41) is 8.96. The number of hydrogen-bond donors (Lipinski definition) is 1. The minimum Gasteiger partial charge on any atom is -0.493 e. The number of carboxylic acid groups (broad SMARTS) is 1. The molecule has 0 radical (unpaired) electrons. The van der Waals surface area contributed by atoms with Crippen molar-refractivity contribution >= 4 is 17.6 Å². The monoisotopic (exact) mass is 322 g/mol. The summed E-state index contributed by atoms with van der Waals surface area (Å²) >= 11 is 0. The first-order valence-electron chi connectivity index (χ1n) is 8.16. The highest BCUT2D eigenvalue weighted by molar-refractivity contribution is 5.88. The molecule has 1 N–H and O–H groups in total. The van der Waals surface area contributed by atoms with Crippen LogP contribution in [0.1, 0.15) is 54.2 Å². The highest BCUT2D eigenvalue weighted by Crippen LogP contribution is 2.39. The Labute approximate surface area is 142 Å². The lowest BCUT2D eigenvalue weighted by Gasteiger charge is -2.32. The highest BCUT2D eigenvalue weighted by atomic mass is 16.5. The fraction of sp³-hybridized carbons (Fsp3) is 0.286. The van der Waals surface area contributed by atoms with Crippen LogP contribution in [0.5, 0.6) is 5.75 Å². The van der Waals surface area contributed by atoms with Crippen molar-refractivity contribution in [2.75, 3.05) is 6.61 Å². The van der Waals surface area contributed by atoms with Crippen molar-refractivity contribution in [3.8, 4) is 5.75 Å². The van der Waals surface area contributed by atoms with Crippen LogP contribution in [0.2, 0.25) is 0 Å². The summed E-state index contributed by atoms with van der Waals surface area (Å²) in [6.45, 7) is 7.31. The van der Waals surface area contributed by atoms with Gasteiger partial charge in [-0.3, -0.25) is 0 Å². The zero-order chi connectivity index (χ0) is 17.3. The van der Waals surface area contributed by atoms with Gasteiger partial charge in [-0.15, -0.1) is 0 Å². The Hall–Kier alpha value is -2.55. The van der Waals surface area contributed by atoms with Crippen molar-refractivity contribution in [1.29, 1.82) is 0 Å². The van der Waals surface area contributed by atoms with Gasteiger partial charge in [0.25, 0.3) is 0 Å². The van der Waals surface area contributed by atoms with E-state index >= 15 is 0 Å². The molecule has 1 aliphatic rings. The molecule has 0 amide bonds. The fourth-order valence-electron chi connectivity index (χ4n) is 3.05. The first-order chi connectivity index (χ1) is 11.4. The van der Waals surface area contributed by atoms with Gasteiger partial charge in [0.15, 0.2) is 0 Å². The number of benzene rings is 2. The van der Waals surface area contributed by atoms with Crippen LogP contribution in [0, 0.1) is 0 Å². The Morgan fingerprint density at radius 3 is 2.46 bits per heavy atom. The van der Waals surface area contributed by atoms with Crippen molar-refractivity contribution < 1.29 is 14.6 Å².